The molecular formula is C14H23N3. The summed E-state index contributed by atoms with van der Waals surface area (Å²) in [6.45, 7) is 5.61. The molecular weight excluding hydrogens is 210 g/mol. The van der Waals surface area contributed by atoms with Crippen LogP contribution in [0.3, 0.4) is 0 Å². The maximum Gasteiger partial charge on any atom is 0.0361 e. The van der Waals surface area contributed by atoms with E-state index in [9.17, 15) is 0 Å². The molecule has 1 heterocycles. The monoisotopic (exact) mass is 233 g/mol. The Morgan fingerprint density at radius 1 is 1.24 bits per heavy atom. The molecule has 0 amide bonds. The Hall–Kier alpha value is -0.900. The molecule has 1 aromatic rings. The van der Waals surface area contributed by atoms with Crippen molar-refractivity contribution >= 4 is 0 Å². The predicted octanol–water partition coefficient (Wildman–Crippen LogP) is 1.24. The summed E-state index contributed by atoms with van der Waals surface area (Å²) < 4.78 is 0. The van der Waals surface area contributed by atoms with Crippen molar-refractivity contribution in [3.05, 3.63) is 35.9 Å². The van der Waals surface area contributed by atoms with Gasteiger partial charge in [0.25, 0.3) is 0 Å². The molecule has 1 aliphatic heterocycles. The van der Waals surface area contributed by atoms with Gasteiger partial charge in [-0.1, -0.05) is 30.3 Å². The number of rotatable bonds is 5. The van der Waals surface area contributed by atoms with Gasteiger partial charge in [0.15, 0.2) is 0 Å². The lowest BCUT2D eigenvalue weighted by atomic mass is 10.0. The molecule has 2 N–H and O–H groups in total. The van der Waals surface area contributed by atoms with E-state index in [1.165, 1.54) is 12.0 Å². The molecule has 0 aromatic heterocycles. The molecule has 2 rings (SSSR count). The van der Waals surface area contributed by atoms with E-state index in [0.29, 0.717) is 6.04 Å². The molecule has 1 unspecified atom stereocenters. The Labute approximate surface area is 104 Å². The van der Waals surface area contributed by atoms with Gasteiger partial charge in [0.2, 0.25) is 0 Å². The summed E-state index contributed by atoms with van der Waals surface area (Å²) in [5, 5.41) is 6.68. The van der Waals surface area contributed by atoms with Crippen LogP contribution in [-0.2, 0) is 0 Å². The molecule has 94 valence electrons. The van der Waals surface area contributed by atoms with Crippen molar-refractivity contribution in [2.24, 2.45) is 0 Å². The highest BCUT2D eigenvalue weighted by atomic mass is 15.2. The van der Waals surface area contributed by atoms with Gasteiger partial charge in [-0.25, -0.2) is 0 Å². The van der Waals surface area contributed by atoms with Crippen LogP contribution in [0, 0.1) is 0 Å². The lowest BCUT2D eigenvalue weighted by Crippen LogP contribution is -2.45. The Bertz CT molecular complexity index is 307. The molecule has 1 saturated heterocycles. The standard InChI is InChI=1S/C14H23N3/c1-15-8-7-14(13-5-3-2-4-6-13)17-11-9-16-10-12-17/h2-6,14-16H,7-12H2,1H3. The minimum absolute atomic E-state index is 0.561. The maximum absolute atomic E-state index is 3.42. The third-order valence-electron chi connectivity index (χ3n) is 3.44. The molecule has 1 aliphatic rings. The number of benzene rings is 1. The first-order valence-electron chi connectivity index (χ1n) is 6.56. The van der Waals surface area contributed by atoms with Crippen LogP contribution in [0.5, 0.6) is 0 Å². The Kier molecular flexibility index (Phi) is 4.98. The van der Waals surface area contributed by atoms with E-state index in [4.69, 9.17) is 0 Å². The van der Waals surface area contributed by atoms with Gasteiger partial charge in [-0.05, 0) is 25.6 Å². The second-order valence-electron chi connectivity index (χ2n) is 4.60. The van der Waals surface area contributed by atoms with Gasteiger partial charge in [0, 0.05) is 32.2 Å². The Morgan fingerprint density at radius 3 is 2.59 bits per heavy atom. The first-order chi connectivity index (χ1) is 8.42. The summed E-state index contributed by atoms with van der Waals surface area (Å²) in [6, 6.07) is 11.4. The summed E-state index contributed by atoms with van der Waals surface area (Å²) >= 11 is 0. The second kappa shape index (κ2) is 6.74. The van der Waals surface area contributed by atoms with Crippen molar-refractivity contribution in [3.8, 4) is 0 Å². The molecule has 0 aliphatic carbocycles. The largest absolute Gasteiger partial charge is 0.320 e. The first-order valence-corrected chi connectivity index (χ1v) is 6.56. The number of nitrogens with one attached hydrogen (secondary N) is 2. The maximum atomic E-state index is 3.42. The minimum Gasteiger partial charge on any atom is -0.320 e. The van der Waals surface area contributed by atoms with Gasteiger partial charge >= 0.3 is 0 Å². The van der Waals surface area contributed by atoms with Crippen LogP contribution in [0.2, 0.25) is 0 Å². The minimum atomic E-state index is 0.561. The summed E-state index contributed by atoms with van der Waals surface area (Å²) in [5.41, 5.74) is 1.45. The molecule has 1 atom stereocenters. The van der Waals surface area contributed by atoms with Crippen molar-refractivity contribution in [2.45, 2.75) is 12.5 Å². The van der Waals surface area contributed by atoms with E-state index in [-0.39, 0.29) is 0 Å². The summed E-state index contributed by atoms with van der Waals surface area (Å²) in [5.74, 6) is 0. The van der Waals surface area contributed by atoms with Gasteiger partial charge in [-0.3, -0.25) is 4.90 Å². The molecule has 1 aromatic carbocycles. The van der Waals surface area contributed by atoms with Crippen molar-refractivity contribution in [3.63, 3.8) is 0 Å². The zero-order valence-electron chi connectivity index (χ0n) is 10.7. The zero-order valence-corrected chi connectivity index (χ0v) is 10.7. The van der Waals surface area contributed by atoms with Gasteiger partial charge in [0.1, 0.15) is 0 Å². The molecule has 0 bridgehead atoms. The van der Waals surface area contributed by atoms with Crippen molar-refractivity contribution in [2.75, 3.05) is 39.8 Å². The Morgan fingerprint density at radius 2 is 1.94 bits per heavy atom. The van der Waals surface area contributed by atoms with Gasteiger partial charge in [0.05, 0.1) is 0 Å². The third-order valence-corrected chi connectivity index (χ3v) is 3.44. The molecule has 0 radical (unpaired) electrons. The van der Waals surface area contributed by atoms with Crippen molar-refractivity contribution < 1.29 is 0 Å². The zero-order chi connectivity index (χ0) is 11.9. The number of piperazine rings is 1. The highest BCUT2D eigenvalue weighted by molar-refractivity contribution is 5.19. The second-order valence-corrected chi connectivity index (χ2v) is 4.60. The van der Waals surface area contributed by atoms with E-state index < -0.39 is 0 Å². The fraction of sp³-hybridized carbons (Fsp3) is 0.571. The van der Waals surface area contributed by atoms with E-state index >= 15 is 0 Å². The lowest BCUT2D eigenvalue weighted by Gasteiger charge is -2.35. The van der Waals surface area contributed by atoms with E-state index in [1.54, 1.807) is 0 Å². The van der Waals surface area contributed by atoms with Crippen LogP contribution >= 0.6 is 0 Å². The van der Waals surface area contributed by atoms with Crippen LogP contribution in [0.25, 0.3) is 0 Å². The summed E-state index contributed by atoms with van der Waals surface area (Å²) in [4.78, 5) is 2.60. The quantitative estimate of drug-likeness (QED) is 0.801. The Balaban J connectivity index is 2.06. The van der Waals surface area contributed by atoms with E-state index in [2.05, 4.69) is 45.9 Å². The van der Waals surface area contributed by atoms with Crippen LogP contribution in [0.1, 0.15) is 18.0 Å². The van der Waals surface area contributed by atoms with Crippen molar-refractivity contribution in [1.82, 2.24) is 15.5 Å². The number of hydrogen-bond acceptors (Lipinski definition) is 3. The van der Waals surface area contributed by atoms with Gasteiger partial charge in [-0.2, -0.15) is 0 Å². The van der Waals surface area contributed by atoms with Crippen molar-refractivity contribution in [1.29, 1.82) is 0 Å². The topological polar surface area (TPSA) is 27.3 Å². The lowest BCUT2D eigenvalue weighted by molar-refractivity contribution is 0.165. The smallest absolute Gasteiger partial charge is 0.0361 e. The average Bonchev–Trinajstić information content (AvgIpc) is 2.42. The molecule has 17 heavy (non-hydrogen) atoms. The predicted molar refractivity (Wildman–Crippen MR) is 72.2 cm³/mol. The molecule has 1 fully saturated rings. The van der Waals surface area contributed by atoms with Crippen LogP contribution in [0.4, 0.5) is 0 Å². The molecule has 3 nitrogen and oxygen atoms in total. The fourth-order valence-corrected chi connectivity index (χ4v) is 2.51. The van der Waals surface area contributed by atoms with Gasteiger partial charge in [-0.15, -0.1) is 0 Å². The normalized spacial score (nSPS) is 19.1. The van der Waals surface area contributed by atoms with E-state index in [1.807, 2.05) is 7.05 Å². The average molecular weight is 233 g/mol. The highest BCUT2D eigenvalue weighted by Crippen LogP contribution is 2.23. The first kappa shape index (κ1) is 12.6. The molecule has 3 heteroatoms. The van der Waals surface area contributed by atoms with Gasteiger partial charge < -0.3 is 10.6 Å². The SMILES string of the molecule is CNCCC(c1ccccc1)N1CCNCC1. The summed E-state index contributed by atoms with van der Waals surface area (Å²) in [7, 11) is 2.03. The molecule has 0 saturated carbocycles. The van der Waals surface area contributed by atoms with Crippen LogP contribution in [-0.4, -0.2) is 44.7 Å². The van der Waals surface area contributed by atoms with E-state index in [0.717, 1.165) is 32.7 Å². The number of nitrogens with zero attached hydrogens (tertiary/aromatic N) is 1. The fourth-order valence-electron chi connectivity index (χ4n) is 2.51. The third kappa shape index (κ3) is 3.53. The van der Waals surface area contributed by atoms with Crippen LogP contribution in [0.15, 0.2) is 30.3 Å². The number of hydrogen-bond donors (Lipinski definition) is 2. The van der Waals surface area contributed by atoms with Crippen LogP contribution < -0.4 is 10.6 Å². The summed E-state index contributed by atoms with van der Waals surface area (Å²) in [6.07, 6.45) is 1.18. The highest BCUT2D eigenvalue weighted by Gasteiger charge is 2.21. The molecule has 0 spiro atoms.